The molecule has 4 aromatic rings. The zero-order chi connectivity index (χ0) is 25.2. The number of anilines is 3. The molecule has 184 valence electrons. The van der Waals surface area contributed by atoms with E-state index in [0.29, 0.717) is 15.6 Å². The maximum atomic E-state index is 13.1. The molecule has 1 aliphatic heterocycles. The highest BCUT2D eigenvalue weighted by molar-refractivity contribution is 7.16. The summed E-state index contributed by atoms with van der Waals surface area (Å²) in [4.78, 5) is 41.4. The van der Waals surface area contributed by atoms with E-state index in [1.54, 1.807) is 6.20 Å². The number of para-hydroxylation sites is 1. The highest BCUT2D eigenvalue weighted by Crippen LogP contribution is 2.34. The minimum atomic E-state index is -0.643. The summed E-state index contributed by atoms with van der Waals surface area (Å²) in [6.07, 6.45) is 1.81. The Morgan fingerprint density at radius 3 is 2.47 bits per heavy atom. The van der Waals surface area contributed by atoms with E-state index in [1.807, 2.05) is 66.5 Å². The molecule has 0 radical (unpaired) electrons. The molecule has 2 aromatic carbocycles. The third-order valence-electron chi connectivity index (χ3n) is 6.56. The molecule has 2 N–H and O–H groups in total. The zero-order valence-electron chi connectivity index (χ0n) is 20.3. The van der Waals surface area contributed by atoms with Crippen LogP contribution in [0.15, 0.2) is 60.8 Å². The molecule has 1 amide bonds. The first-order valence-corrected chi connectivity index (χ1v) is 12.7. The van der Waals surface area contributed by atoms with Gasteiger partial charge in [-0.25, -0.2) is 4.98 Å². The summed E-state index contributed by atoms with van der Waals surface area (Å²) >= 11 is 1.30. The zero-order valence-corrected chi connectivity index (χ0v) is 21.2. The van der Waals surface area contributed by atoms with Crippen LogP contribution in [0.3, 0.4) is 0 Å². The number of fused-ring (bicyclic) bond motifs is 1. The molecular formula is C27H28N6O2S. The van der Waals surface area contributed by atoms with Gasteiger partial charge in [-0.15, -0.1) is 11.3 Å². The van der Waals surface area contributed by atoms with Gasteiger partial charge < -0.3 is 20.4 Å². The highest BCUT2D eigenvalue weighted by atomic mass is 32.1. The minimum Gasteiger partial charge on any atom is -0.369 e. The second kappa shape index (κ2) is 10.0. The van der Waals surface area contributed by atoms with Gasteiger partial charge in [-0.3, -0.25) is 14.6 Å². The Hall–Kier alpha value is -3.82. The molecule has 8 nitrogen and oxygen atoms in total. The Bertz CT molecular complexity index is 1400. The number of carbonyl (C=O) groups excluding carboxylic acids is 2. The molecule has 36 heavy (non-hydrogen) atoms. The smallest absolute Gasteiger partial charge is 0.268 e. The summed E-state index contributed by atoms with van der Waals surface area (Å²) in [5, 5.41) is 1.58. The number of likely N-dealkylation sites (N-methyl/N-ethyl adjacent to an activating group) is 1. The van der Waals surface area contributed by atoms with Crippen molar-refractivity contribution in [3.8, 4) is 0 Å². The molecule has 0 atom stereocenters. The lowest BCUT2D eigenvalue weighted by Crippen LogP contribution is -2.44. The number of benzene rings is 2. The van der Waals surface area contributed by atoms with Crippen molar-refractivity contribution in [1.82, 2.24) is 14.9 Å². The maximum Gasteiger partial charge on any atom is 0.268 e. The average Bonchev–Trinajstić information content (AvgIpc) is 3.32. The number of ketones is 1. The third kappa shape index (κ3) is 4.80. The molecular weight excluding hydrogens is 472 g/mol. The van der Waals surface area contributed by atoms with Crippen LogP contribution in [0.25, 0.3) is 10.9 Å². The van der Waals surface area contributed by atoms with Crippen LogP contribution in [0, 0.1) is 0 Å². The normalized spacial score (nSPS) is 14.2. The number of thiazole rings is 1. The summed E-state index contributed by atoms with van der Waals surface area (Å²) in [7, 11) is 4.00. The summed E-state index contributed by atoms with van der Waals surface area (Å²) < 4.78 is 0. The van der Waals surface area contributed by atoms with Crippen molar-refractivity contribution in [3.63, 3.8) is 0 Å². The quantitative estimate of drug-likeness (QED) is 0.386. The Balaban J connectivity index is 1.37. The topological polar surface area (TPSA) is 95.7 Å². The molecule has 0 bridgehead atoms. The number of primary amides is 1. The molecule has 9 heteroatoms. The summed E-state index contributed by atoms with van der Waals surface area (Å²) in [6.45, 7) is 3.98. The van der Waals surface area contributed by atoms with E-state index in [9.17, 15) is 9.59 Å². The molecule has 0 unspecified atom stereocenters. The van der Waals surface area contributed by atoms with E-state index < -0.39 is 5.91 Å². The fourth-order valence-corrected chi connectivity index (χ4v) is 5.47. The van der Waals surface area contributed by atoms with Gasteiger partial charge in [0, 0.05) is 67.4 Å². The first kappa shape index (κ1) is 23.9. The van der Waals surface area contributed by atoms with Gasteiger partial charge in [0.1, 0.15) is 5.69 Å². The minimum absolute atomic E-state index is 0.0609. The standard InChI is InChI=1S/C27H28N6O2S/c1-31-13-15-33(16-14-31)20-10-8-18(9-11-20)22(34)17-23-25(26(28)35)30-27(36-23)32(2)21-7-3-5-19-6-4-12-29-24(19)21/h3-12H,13-17H2,1-2H3,(H2,28,35). The molecule has 0 spiro atoms. The number of nitrogens with two attached hydrogens (primary N) is 1. The lowest BCUT2D eigenvalue weighted by Gasteiger charge is -2.34. The van der Waals surface area contributed by atoms with Crippen LogP contribution >= 0.6 is 11.3 Å². The lowest BCUT2D eigenvalue weighted by molar-refractivity contribution is 0.0991. The Labute approximate surface area is 214 Å². The summed E-state index contributed by atoms with van der Waals surface area (Å²) in [5.74, 6) is -0.720. The predicted molar refractivity (Wildman–Crippen MR) is 145 cm³/mol. The van der Waals surface area contributed by atoms with Crippen LogP contribution in [0.1, 0.15) is 25.7 Å². The van der Waals surface area contributed by atoms with Crippen molar-refractivity contribution in [2.45, 2.75) is 6.42 Å². The summed E-state index contributed by atoms with van der Waals surface area (Å²) in [5.41, 5.74) is 9.18. The molecule has 2 aromatic heterocycles. The van der Waals surface area contributed by atoms with E-state index in [4.69, 9.17) is 5.73 Å². The molecule has 1 aliphatic rings. The molecule has 1 fully saturated rings. The number of hydrogen-bond donors (Lipinski definition) is 1. The first-order valence-electron chi connectivity index (χ1n) is 11.8. The van der Waals surface area contributed by atoms with Crippen LogP contribution in [0.2, 0.25) is 0 Å². The van der Waals surface area contributed by atoms with Gasteiger partial charge in [-0.05, 0) is 43.4 Å². The van der Waals surface area contributed by atoms with Gasteiger partial charge >= 0.3 is 0 Å². The number of Topliss-reactive ketones (excluding diaryl/α,β-unsaturated/α-hetero) is 1. The van der Waals surface area contributed by atoms with Crippen LogP contribution in [0.5, 0.6) is 0 Å². The number of pyridine rings is 1. The second-order valence-electron chi connectivity index (χ2n) is 8.98. The van der Waals surface area contributed by atoms with Gasteiger partial charge in [0.05, 0.1) is 11.2 Å². The first-order chi connectivity index (χ1) is 17.4. The number of nitrogens with zero attached hydrogens (tertiary/aromatic N) is 5. The number of aromatic nitrogens is 2. The van der Waals surface area contributed by atoms with Crippen molar-refractivity contribution in [3.05, 3.63) is 76.9 Å². The SMILES string of the molecule is CN1CCN(c2ccc(C(=O)Cc3sc(N(C)c4cccc5cccnc45)nc3C(N)=O)cc2)CC1. The Morgan fingerprint density at radius 2 is 1.75 bits per heavy atom. The van der Waals surface area contributed by atoms with Gasteiger partial charge in [0.15, 0.2) is 10.9 Å². The van der Waals surface area contributed by atoms with Crippen LogP contribution in [0.4, 0.5) is 16.5 Å². The largest absolute Gasteiger partial charge is 0.369 e. The Kier molecular flexibility index (Phi) is 6.67. The highest BCUT2D eigenvalue weighted by Gasteiger charge is 2.22. The average molecular weight is 501 g/mol. The van der Waals surface area contributed by atoms with Gasteiger partial charge in [-0.2, -0.15) is 0 Å². The summed E-state index contributed by atoms with van der Waals surface area (Å²) in [6, 6.07) is 17.5. The van der Waals surface area contributed by atoms with Crippen molar-refractivity contribution >= 4 is 50.4 Å². The predicted octanol–water partition coefficient (Wildman–Crippen LogP) is 3.74. The van der Waals surface area contributed by atoms with E-state index in [0.717, 1.165) is 48.5 Å². The van der Waals surface area contributed by atoms with E-state index in [1.165, 1.54) is 11.3 Å². The van der Waals surface area contributed by atoms with Crippen molar-refractivity contribution in [2.75, 3.05) is 50.1 Å². The number of rotatable bonds is 7. The van der Waals surface area contributed by atoms with Gasteiger partial charge in [0.2, 0.25) is 0 Å². The van der Waals surface area contributed by atoms with Crippen LogP contribution in [-0.4, -0.2) is 66.8 Å². The van der Waals surface area contributed by atoms with Crippen molar-refractivity contribution in [2.24, 2.45) is 5.73 Å². The molecule has 0 saturated carbocycles. The lowest BCUT2D eigenvalue weighted by atomic mass is 10.1. The molecule has 0 aliphatic carbocycles. The van der Waals surface area contributed by atoms with E-state index in [-0.39, 0.29) is 17.9 Å². The number of amides is 1. The fraction of sp³-hybridized carbons (Fsp3) is 0.259. The molecule has 3 heterocycles. The monoisotopic (exact) mass is 500 g/mol. The number of carbonyl (C=O) groups is 2. The van der Waals surface area contributed by atoms with Crippen LogP contribution < -0.4 is 15.5 Å². The fourth-order valence-electron chi connectivity index (χ4n) is 4.43. The number of piperazine rings is 1. The number of hydrogen-bond acceptors (Lipinski definition) is 8. The van der Waals surface area contributed by atoms with Crippen molar-refractivity contribution < 1.29 is 9.59 Å². The van der Waals surface area contributed by atoms with Gasteiger partial charge in [-0.1, -0.05) is 18.2 Å². The third-order valence-corrected chi connectivity index (χ3v) is 7.69. The van der Waals surface area contributed by atoms with Crippen LogP contribution in [-0.2, 0) is 6.42 Å². The molecule has 5 rings (SSSR count). The maximum absolute atomic E-state index is 13.1. The van der Waals surface area contributed by atoms with E-state index in [2.05, 4.69) is 26.8 Å². The second-order valence-corrected chi connectivity index (χ2v) is 10.0. The van der Waals surface area contributed by atoms with E-state index >= 15 is 0 Å². The van der Waals surface area contributed by atoms with Crippen molar-refractivity contribution in [1.29, 1.82) is 0 Å². The molecule has 1 saturated heterocycles. The van der Waals surface area contributed by atoms with Gasteiger partial charge in [0.25, 0.3) is 5.91 Å². The Morgan fingerprint density at radius 1 is 1.03 bits per heavy atom.